The Bertz CT molecular complexity index is 470. The van der Waals surface area contributed by atoms with Gasteiger partial charge in [-0.3, -0.25) is 0 Å². The molecule has 0 atom stereocenters. The molecule has 0 fully saturated rings. The van der Waals surface area contributed by atoms with E-state index in [-0.39, 0.29) is 0 Å². The lowest BCUT2D eigenvalue weighted by Crippen LogP contribution is -1.86. The quantitative estimate of drug-likeness (QED) is 0.742. The van der Waals surface area contributed by atoms with Gasteiger partial charge in [0, 0.05) is 21.3 Å². The SMILES string of the molecule is ClCCCc1csc(-c2cccc(Br)c2)n1. The van der Waals surface area contributed by atoms with E-state index in [0.717, 1.165) is 33.6 Å². The van der Waals surface area contributed by atoms with Crippen molar-refractivity contribution in [1.29, 1.82) is 0 Å². The summed E-state index contributed by atoms with van der Waals surface area (Å²) < 4.78 is 1.09. The van der Waals surface area contributed by atoms with E-state index >= 15 is 0 Å². The largest absolute Gasteiger partial charge is 0.241 e. The predicted molar refractivity (Wildman–Crippen MR) is 74.3 cm³/mol. The summed E-state index contributed by atoms with van der Waals surface area (Å²) in [5.41, 5.74) is 2.30. The third-order valence-electron chi connectivity index (χ3n) is 2.19. The fourth-order valence-corrected chi connectivity index (χ4v) is 2.81. The van der Waals surface area contributed by atoms with Crippen LogP contribution in [0.15, 0.2) is 34.1 Å². The monoisotopic (exact) mass is 315 g/mol. The van der Waals surface area contributed by atoms with E-state index in [4.69, 9.17) is 11.6 Å². The summed E-state index contributed by atoms with van der Waals surface area (Å²) in [6, 6.07) is 8.21. The molecule has 16 heavy (non-hydrogen) atoms. The molecular formula is C12H11BrClNS. The van der Waals surface area contributed by atoms with Gasteiger partial charge in [-0.2, -0.15) is 0 Å². The zero-order chi connectivity index (χ0) is 11.4. The Morgan fingerprint density at radius 3 is 3.00 bits per heavy atom. The van der Waals surface area contributed by atoms with E-state index in [2.05, 4.69) is 38.4 Å². The fraction of sp³-hybridized carbons (Fsp3) is 0.250. The standard InChI is InChI=1S/C12H11BrClNS/c13-10-4-1-3-9(7-10)12-15-11(8-16-12)5-2-6-14/h1,3-4,7-8H,2,5-6H2. The molecule has 0 saturated carbocycles. The second-order valence-corrected chi connectivity index (χ2v) is 5.60. The Labute approximate surface area is 113 Å². The summed E-state index contributed by atoms with van der Waals surface area (Å²) in [5.74, 6) is 0.698. The minimum Gasteiger partial charge on any atom is -0.241 e. The van der Waals surface area contributed by atoms with Gasteiger partial charge in [-0.05, 0) is 25.0 Å². The van der Waals surface area contributed by atoms with Crippen molar-refractivity contribution >= 4 is 38.9 Å². The van der Waals surface area contributed by atoms with Gasteiger partial charge >= 0.3 is 0 Å². The summed E-state index contributed by atoms with van der Waals surface area (Å²) in [5, 5.41) is 3.19. The molecule has 0 aliphatic heterocycles. The average Bonchev–Trinajstić information content (AvgIpc) is 2.75. The molecule has 0 bridgehead atoms. The zero-order valence-corrected chi connectivity index (χ0v) is 11.8. The van der Waals surface area contributed by atoms with Gasteiger partial charge in [-0.25, -0.2) is 4.98 Å². The molecule has 2 rings (SSSR count). The van der Waals surface area contributed by atoms with E-state index in [1.807, 2.05) is 12.1 Å². The summed E-state index contributed by atoms with van der Waals surface area (Å²) >= 11 is 10.8. The lowest BCUT2D eigenvalue weighted by atomic mass is 10.2. The molecule has 0 aliphatic carbocycles. The van der Waals surface area contributed by atoms with Crippen LogP contribution in [0.4, 0.5) is 0 Å². The highest BCUT2D eigenvalue weighted by atomic mass is 79.9. The number of rotatable bonds is 4. The number of alkyl halides is 1. The maximum absolute atomic E-state index is 5.67. The maximum Gasteiger partial charge on any atom is 0.123 e. The normalized spacial score (nSPS) is 10.6. The van der Waals surface area contributed by atoms with Crippen molar-refractivity contribution in [2.75, 3.05) is 5.88 Å². The minimum absolute atomic E-state index is 0.698. The summed E-state index contributed by atoms with van der Waals surface area (Å²) in [6.45, 7) is 0. The lowest BCUT2D eigenvalue weighted by molar-refractivity contribution is 0.900. The molecule has 1 heterocycles. The first-order chi connectivity index (χ1) is 7.79. The number of aryl methyl sites for hydroxylation is 1. The second kappa shape index (κ2) is 5.80. The van der Waals surface area contributed by atoms with Gasteiger partial charge in [0.2, 0.25) is 0 Å². The molecule has 1 aromatic heterocycles. The molecular weight excluding hydrogens is 306 g/mol. The van der Waals surface area contributed by atoms with Crippen LogP contribution in [0.25, 0.3) is 10.6 Å². The van der Waals surface area contributed by atoms with Crippen LogP contribution >= 0.6 is 38.9 Å². The number of thiazole rings is 1. The van der Waals surface area contributed by atoms with Crippen molar-refractivity contribution in [3.8, 4) is 10.6 Å². The molecule has 0 saturated heterocycles. The van der Waals surface area contributed by atoms with Crippen LogP contribution in [0.2, 0.25) is 0 Å². The Morgan fingerprint density at radius 2 is 2.25 bits per heavy atom. The molecule has 0 unspecified atom stereocenters. The van der Waals surface area contributed by atoms with E-state index in [1.54, 1.807) is 11.3 Å². The van der Waals surface area contributed by atoms with Gasteiger partial charge in [0.15, 0.2) is 0 Å². The maximum atomic E-state index is 5.67. The number of hydrogen-bond donors (Lipinski definition) is 0. The molecule has 0 spiro atoms. The van der Waals surface area contributed by atoms with Crippen LogP contribution in [0, 0.1) is 0 Å². The van der Waals surface area contributed by atoms with Crippen molar-refractivity contribution < 1.29 is 0 Å². The first kappa shape index (κ1) is 12.1. The number of aromatic nitrogens is 1. The van der Waals surface area contributed by atoms with Gasteiger partial charge in [0.25, 0.3) is 0 Å². The third-order valence-corrected chi connectivity index (χ3v) is 3.89. The van der Waals surface area contributed by atoms with Crippen molar-refractivity contribution in [2.24, 2.45) is 0 Å². The smallest absolute Gasteiger partial charge is 0.123 e. The van der Waals surface area contributed by atoms with Gasteiger partial charge in [-0.15, -0.1) is 22.9 Å². The summed E-state index contributed by atoms with van der Waals surface area (Å²) in [4.78, 5) is 4.60. The van der Waals surface area contributed by atoms with E-state index < -0.39 is 0 Å². The van der Waals surface area contributed by atoms with E-state index in [9.17, 15) is 0 Å². The van der Waals surface area contributed by atoms with Crippen LogP contribution in [-0.4, -0.2) is 10.9 Å². The van der Waals surface area contributed by atoms with Crippen molar-refractivity contribution in [2.45, 2.75) is 12.8 Å². The predicted octanol–water partition coefficient (Wildman–Crippen LogP) is 4.74. The van der Waals surface area contributed by atoms with Crippen LogP contribution in [0.3, 0.4) is 0 Å². The average molecular weight is 317 g/mol. The van der Waals surface area contributed by atoms with Crippen LogP contribution in [0.5, 0.6) is 0 Å². The molecule has 84 valence electrons. The lowest BCUT2D eigenvalue weighted by Gasteiger charge is -1.96. The van der Waals surface area contributed by atoms with Gasteiger partial charge in [0.05, 0.1) is 5.69 Å². The number of benzene rings is 1. The molecule has 0 amide bonds. The molecule has 4 heteroatoms. The Balaban J connectivity index is 2.18. The first-order valence-corrected chi connectivity index (χ1v) is 7.26. The topological polar surface area (TPSA) is 12.9 Å². The van der Waals surface area contributed by atoms with Crippen molar-refractivity contribution in [3.05, 3.63) is 39.8 Å². The Hall–Kier alpha value is -0.380. The second-order valence-electron chi connectivity index (χ2n) is 3.45. The first-order valence-electron chi connectivity index (χ1n) is 5.06. The number of nitrogens with zero attached hydrogens (tertiary/aromatic N) is 1. The molecule has 1 aromatic carbocycles. The molecule has 0 radical (unpaired) electrons. The van der Waals surface area contributed by atoms with Crippen LogP contribution in [0.1, 0.15) is 12.1 Å². The van der Waals surface area contributed by atoms with Gasteiger partial charge in [-0.1, -0.05) is 28.1 Å². The fourth-order valence-electron chi connectivity index (χ4n) is 1.42. The van der Waals surface area contributed by atoms with Gasteiger partial charge in [0.1, 0.15) is 5.01 Å². The van der Waals surface area contributed by atoms with E-state index in [0.29, 0.717) is 5.88 Å². The number of halogens is 2. The molecule has 0 aliphatic rings. The summed E-state index contributed by atoms with van der Waals surface area (Å²) in [6.07, 6.45) is 1.96. The van der Waals surface area contributed by atoms with Crippen molar-refractivity contribution in [1.82, 2.24) is 4.98 Å². The van der Waals surface area contributed by atoms with Crippen LogP contribution in [-0.2, 0) is 6.42 Å². The highest BCUT2D eigenvalue weighted by Crippen LogP contribution is 2.26. The Morgan fingerprint density at radius 1 is 1.38 bits per heavy atom. The molecule has 0 N–H and O–H groups in total. The third kappa shape index (κ3) is 3.06. The van der Waals surface area contributed by atoms with Crippen molar-refractivity contribution in [3.63, 3.8) is 0 Å². The van der Waals surface area contributed by atoms with Gasteiger partial charge < -0.3 is 0 Å². The highest BCUT2D eigenvalue weighted by Gasteiger charge is 2.04. The number of hydrogen-bond acceptors (Lipinski definition) is 2. The van der Waals surface area contributed by atoms with E-state index in [1.165, 1.54) is 0 Å². The highest BCUT2D eigenvalue weighted by molar-refractivity contribution is 9.10. The minimum atomic E-state index is 0.698. The van der Waals surface area contributed by atoms with Crippen LogP contribution < -0.4 is 0 Å². The molecule has 2 aromatic rings. The molecule has 1 nitrogen and oxygen atoms in total. The summed E-state index contributed by atoms with van der Waals surface area (Å²) in [7, 11) is 0. The zero-order valence-electron chi connectivity index (χ0n) is 8.62. The Kier molecular flexibility index (Phi) is 4.38.